The fourth-order valence-electron chi connectivity index (χ4n) is 2.59. The van der Waals surface area contributed by atoms with Gasteiger partial charge in [0.1, 0.15) is 0 Å². The molecule has 1 aromatic carbocycles. The number of aromatic nitrogens is 1. The van der Waals surface area contributed by atoms with Crippen LogP contribution in [0, 0.1) is 6.92 Å². The van der Waals surface area contributed by atoms with Crippen LogP contribution in [0.15, 0.2) is 28.6 Å². The first-order chi connectivity index (χ1) is 12.7. The van der Waals surface area contributed by atoms with Crippen molar-refractivity contribution >= 4 is 41.3 Å². The lowest BCUT2D eigenvalue weighted by Gasteiger charge is -2.12. The molecule has 8 heteroatoms. The number of methoxy groups -OCH3 is 2. The van der Waals surface area contributed by atoms with Crippen LogP contribution < -0.4 is 20.1 Å². The Balaban J connectivity index is 0.00000364. The van der Waals surface area contributed by atoms with E-state index in [0.717, 1.165) is 60.5 Å². The van der Waals surface area contributed by atoms with Gasteiger partial charge in [-0.15, -0.1) is 35.3 Å². The number of aryl methyl sites for hydroxylation is 2. The van der Waals surface area contributed by atoms with Crippen molar-refractivity contribution in [3.63, 3.8) is 0 Å². The number of ether oxygens (including phenoxy) is 2. The Morgan fingerprint density at radius 1 is 1.11 bits per heavy atom. The molecule has 2 N–H and O–H groups in total. The third-order valence-corrected chi connectivity index (χ3v) is 4.77. The summed E-state index contributed by atoms with van der Waals surface area (Å²) in [7, 11) is 5.10. The molecule has 0 spiro atoms. The van der Waals surface area contributed by atoms with E-state index in [0.29, 0.717) is 0 Å². The fourth-order valence-corrected chi connectivity index (χ4v) is 3.24. The highest BCUT2D eigenvalue weighted by Crippen LogP contribution is 2.27. The molecular formula is C19H29IN4O2S. The van der Waals surface area contributed by atoms with Crippen LogP contribution in [-0.2, 0) is 12.8 Å². The van der Waals surface area contributed by atoms with E-state index in [2.05, 4.69) is 32.1 Å². The quantitative estimate of drug-likeness (QED) is 0.237. The minimum absolute atomic E-state index is 0. The highest BCUT2D eigenvalue weighted by molar-refractivity contribution is 14.0. The highest BCUT2D eigenvalue weighted by atomic mass is 127. The van der Waals surface area contributed by atoms with E-state index in [4.69, 9.17) is 9.47 Å². The first kappa shape index (κ1) is 23.5. The topological polar surface area (TPSA) is 67.8 Å². The first-order valence-electron chi connectivity index (χ1n) is 8.72. The summed E-state index contributed by atoms with van der Waals surface area (Å²) in [6.45, 7) is 3.70. The average Bonchev–Trinajstić information content (AvgIpc) is 3.08. The molecule has 27 heavy (non-hydrogen) atoms. The van der Waals surface area contributed by atoms with Gasteiger partial charge in [0, 0.05) is 31.9 Å². The van der Waals surface area contributed by atoms with E-state index in [1.165, 1.54) is 5.56 Å². The Morgan fingerprint density at radius 2 is 1.85 bits per heavy atom. The summed E-state index contributed by atoms with van der Waals surface area (Å²) in [6, 6.07) is 6.05. The standard InChI is InChI=1S/C19H28N4O2S.HI/c1-14-23-16(13-26-14)9-11-22-19(20-2)21-10-5-6-15-7-8-17(24-3)18(12-15)25-4;/h7-8,12-13H,5-6,9-11H2,1-4H3,(H2,20,21,22);1H. The van der Waals surface area contributed by atoms with Crippen LogP contribution >= 0.6 is 35.3 Å². The Hall–Kier alpha value is -1.55. The van der Waals surface area contributed by atoms with Crippen LogP contribution in [-0.4, -0.2) is 45.3 Å². The van der Waals surface area contributed by atoms with Gasteiger partial charge in [0.05, 0.1) is 24.9 Å². The minimum atomic E-state index is 0. The second kappa shape index (κ2) is 12.8. The SMILES string of the molecule is CN=C(NCCCc1ccc(OC)c(OC)c1)NCCc1csc(C)n1.I. The molecule has 2 rings (SSSR count). The molecule has 0 unspecified atom stereocenters. The van der Waals surface area contributed by atoms with Crippen LogP contribution in [0.2, 0.25) is 0 Å². The maximum Gasteiger partial charge on any atom is 0.190 e. The molecular weight excluding hydrogens is 475 g/mol. The second-order valence-electron chi connectivity index (χ2n) is 5.83. The highest BCUT2D eigenvalue weighted by Gasteiger charge is 2.05. The van der Waals surface area contributed by atoms with Gasteiger partial charge in [0.25, 0.3) is 0 Å². The number of aliphatic imine (C=N–C) groups is 1. The molecule has 0 saturated heterocycles. The van der Waals surface area contributed by atoms with E-state index in [-0.39, 0.29) is 24.0 Å². The van der Waals surface area contributed by atoms with Gasteiger partial charge >= 0.3 is 0 Å². The smallest absolute Gasteiger partial charge is 0.190 e. The molecule has 0 bridgehead atoms. The molecule has 2 aromatic rings. The van der Waals surface area contributed by atoms with Crippen molar-refractivity contribution < 1.29 is 9.47 Å². The van der Waals surface area contributed by atoms with Gasteiger partial charge in [0.2, 0.25) is 0 Å². The van der Waals surface area contributed by atoms with Crippen molar-refractivity contribution in [1.29, 1.82) is 0 Å². The number of benzene rings is 1. The van der Waals surface area contributed by atoms with E-state index < -0.39 is 0 Å². The number of nitrogens with zero attached hydrogens (tertiary/aromatic N) is 2. The van der Waals surface area contributed by atoms with Crippen LogP contribution in [0.3, 0.4) is 0 Å². The van der Waals surface area contributed by atoms with Gasteiger partial charge < -0.3 is 20.1 Å². The van der Waals surface area contributed by atoms with Gasteiger partial charge in [-0.1, -0.05) is 6.07 Å². The van der Waals surface area contributed by atoms with Crippen molar-refractivity contribution in [2.75, 3.05) is 34.4 Å². The molecule has 0 aliphatic carbocycles. The van der Waals surface area contributed by atoms with Crippen molar-refractivity contribution in [3.05, 3.63) is 39.8 Å². The van der Waals surface area contributed by atoms with Gasteiger partial charge in [-0.2, -0.15) is 0 Å². The molecule has 0 saturated carbocycles. The summed E-state index contributed by atoms with van der Waals surface area (Å²) < 4.78 is 10.6. The predicted octanol–water partition coefficient (Wildman–Crippen LogP) is 3.43. The second-order valence-corrected chi connectivity index (χ2v) is 6.89. The normalized spacial score (nSPS) is 10.9. The summed E-state index contributed by atoms with van der Waals surface area (Å²) in [5, 5.41) is 9.89. The van der Waals surface area contributed by atoms with Crippen LogP contribution in [0.1, 0.15) is 22.7 Å². The Labute approximate surface area is 182 Å². The largest absolute Gasteiger partial charge is 0.493 e. The minimum Gasteiger partial charge on any atom is -0.493 e. The first-order valence-corrected chi connectivity index (χ1v) is 9.60. The number of hydrogen-bond donors (Lipinski definition) is 2. The molecule has 1 heterocycles. The fraction of sp³-hybridized carbons (Fsp3) is 0.474. The lowest BCUT2D eigenvalue weighted by Crippen LogP contribution is -2.38. The number of nitrogens with one attached hydrogen (secondary N) is 2. The summed E-state index contributed by atoms with van der Waals surface area (Å²) >= 11 is 1.69. The molecule has 150 valence electrons. The van der Waals surface area contributed by atoms with Crippen LogP contribution in [0.5, 0.6) is 11.5 Å². The van der Waals surface area contributed by atoms with E-state index >= 15 is 0 Å². The van der Waals surface area contributed by atoms with Gasteiger partial charge in [-0.3, -0.25) is 4.99 Å². The summed E-state index contributed by atoms with van der Waals surface area (Å²) in [6.07, 6.45) is 2.86. The number of thiazole rings is 1. The molecule has 0 aliphatic rings. The van der Waals surface area contributed by atoms with Gasteiger partial charge in [-0.05, 0) is 37.5 Å². The molecule has 0 atom stereocenters. The van der Waals surface area contributed by atoms with E-state index in [1.54, 1.807) is 32.6 Å². The molecule has 0 radical (unpaired) electrons. The zero-order chi connectivity index (χ0) is 18.8. The maximum atomic E-state index is 5.35. The number of guanidine groups is 1. The zero-order valence-electron chi connectivity index (χ0n) is 16.4. The van der Waals surface area contributed by atoms with E-state index in [9.17, 15) is 0 Å². The van der Waals surface area contributed by atoms with Crippen LogP contribution in [0.25, 0.3) is 0 Å². The number of rotatable bonds is 9. The summed E-state index contributed by atoms with van der Waals surface area (Å²) in [5.74, 6) is 2.35. The van der Waals surface area contributed by atoms with Gasteiger partial charge in [-0.25, -0.2) is 4.98 Å². The molecule has 0 aliphatic heterocycles. The van der Waals surface area contributed by atoms with Crippen LogP contribution in [0.4, 0.5) is 0 Å². The molecule has 1 aromatic heterocycles. The lowest BCUT2D eigenvalue weighted by molar-refractivity contribution is 0.354. The van der Waals surface area contributed by atoms with E-state index in [1.807, 2.05) is 19.1 Å². The van der Waals surface area contributed by atoms with Crippen molar-refractivity contribution in [2.45, 2.75) is 26.2 Å². The van der Waals surface area contributed by atoms with Gasteiger partial charge in [0.15, 0.2) is 17.5 Å². The Morgan fingerprint density at radius 3 is 2.48 bits per heavy atom. The number of halogens is 1. The number of hydrogen-bond acceptors (Lipinski definition) is 5. The predicted molar refractivity (Wildman–Crippen MR) is 123 cm³/mol. The van der Waals surface area contributed by atoms with Crippen molar-refractivity contribution in [1.82, 2.24) is 15.6 Å². The zero-order valence-corrected chi connectivity index (χ0v) is 19.5. The molecule has 0 amide bonds. The monoisotopic (exact) mass is 504 g/mol. The third-order valence-electron chi connectivity index (χ3n) is 3.95. The molecule has 0 fully saturated rings. The summed E-state index contributed by atoms with van der Waals surface area (Å²) in [4.78, 5) is 8.73. The average molecular weight is 504 g/mol. The van der Waals surface area contributed by atoms with Crippen molar-refractivity contribution in [2.24, 2.45) is 4.99 Å². The molecule has 6 nitrogen and oxygen atoms in total. The third kappa shape index (κ3) is 7.92. The maximum absolute atomic E-state index is 5.35. The summed E-state index contributed by atoms with van der Waals surface area (Å²) in [5.41, 5.74) is 2.36. The Bertz CT molecular complexity index is 721. The van der Waals surface area contributed by atoms with Crippen molar-refractivity contribution in [3.8, 4) is 11.5 Å². The Kier molecular flexibility index (Phi) is 11.1. The lowest BCUT2D eigenvalue weighted by atomic mass is 10.1.